The van der Waals surface area contributed by atoms with Gasteiger partial charge < -0.3 is 15.9 Å². The van der Waals surface area contributed by atoms with Gasteiger partial charge in [0.05, 0.1) is 17.7 Å². The van der Waals surface area contributed by atoms with E-state index in [1.165, 1.54) is 16.6 Å². The Bertz CT molecular complexity index is 796. The Balaban J connectivity index is 1.84. The first-order valence-corrected chi connectivity index (χ1v) is 8.06. The van der Waals surface area contributed by atoms with E-state index in [9.17, 15) is 0 Å². The molecule has 3 aromatic heterocycles. The quantitative estimate of drug-likeness (QED) is 0.701. The monoisotopic (exact) mass is 322 g/mol. The van der Waals surface area contributed by atoms with Crippen molar-refractivity contribution in [1.29, 1.82) is 0 Å². The summed E-state index contributed by atoms with van der Waals surface area (Å²) in [5.74, 6) is 2.10. The van der Waals surface area contributed by atoms with Crippen LogP contribution in [-0.2, 0) is 12.3 Å². The maximum Gasteiger partial charge on any atom is 0.277 e. The van der Waals surface area contributed by atoms with Crippen LogP contribution in [0, 0.1) is 13.8 Å². The molecule has 9 heteroatoms. The number of aryl methyl sites for hydroxylation is 2. The zero-order valence-corrected chi connectivity index (χ0v) is 13.2. The lowest BCUT2D eigenvalue weighted by molar-refractivity contribution is 0.414. The van der Waals surface area contributed by atoms with E-state index in [-0.39, 0.29) is 6.54 Å². The molecule has 21 heavy (non-hydrogen) atoms. The minimum Gasteiger partial charge on any atom is -0.415 e. The Morgan fingerprint density at radius 2 is 2.05 bits per heavy atom. The van der Waals surface area contributed by atoms with Crippen LogP contribution in [-0.4, -0.2) is 20.2 Å². The Labute approximate surface area is 129 Å². The predicted octanol–water partition coefficient (Wildman–Crippen LogP) is 2.02. The summed E-state index contributed by atoms with van der Waals surface area (Å²) in [5.41, 5.74) is 12.6. The fourth-order valence-electron chi connectivity index (χ4n) is 1.90. The molecule has 0 bridgehead atoms. The summed E-state index contributed by atoms with van der Waals surface area (Å²) >= 11 is 2.99. The zero-order chi connectivity index (χ0) is 15.0. The number of nitrogens with zero attached hydrogens (tertiary/aromatic N) is 4. The summed E-state index contributed by atoms with van der Waals surface area (Å²) in [6.07, 6.45) is 0. The van der Waals surface area contributed by atoms with Crippen LogP contribution in [0.3, 0.4) is 0 Å². The lowest BCUT2D eigenvalue weighted by Gasteiger charge is -2.01. The van der Waals surface area contributed by atoms with E-state index in [4.69, 9.17) is 15.9 Å². The summed E-state index contributed by atoms with van der Waals surface area (Å²) < 4.78 is 5.33. The molecule has 0 aliphatic rings. The number of nitrogen functional groups attached to an aromatic ring is 1. The van der Waals surface area contributed by atoms with Crippen LogP contribution in [0.2, 0.25) is 0 Å². The van der Waals surface area contributed by atoms with Crippen LogP contribution >= 0.6 is 23.1 Å². The number of aromatic nitrogens is 4. The minimum absolute atomic E-state index is 0.233. The van der Waals surface area contributed by atoms with E-state index in [0.717, 1.165) is 15.8 Å². The molecular formula is C12H14N6OS2. The van der Waals surface area contributed by atoms with Gasteiger partial charge in [0.15, 0.2) is 0 Å². The largest absolute Gasteiger partial charge is 0.415 e. The number of thioether (sulfide) groups is 1. The van der Waals surface area contributed by atoms with Crippen molar-refractivity contribution in [3.63, 3.8) is 0 Å². The average Bonchev–Trinajstić information content (AvgIpc) is 3.02. The molecule has 0 fully saturated rings. The minimum atomic E-state index is 0.233. The number of fused-ring (bicyclic) bond motifs is 1. The van der Waals surface area contributed by atoms with Crippen molar-refractivity contribution in [2.75, 3.05) is 5.73 Å². The van der Waals surface area contributed by atoms with E-state index in [0.29, 0.717) is 28.5 Å². The van der Waals surface area contributed by atoms with Crippen molar-refractivity contribution in [1.82, 2.24) is 20.2 Å². The molecule has 110 valence electrons. The molecule has 3 heterocycles. The van der Waals surface area contributed by atoms with Gasteiger partial charge in [-0.05, 0) is 19.4 Å². The zero-order valence-electron chi connectivity index (χ0n) is 11.6. The van der Waals surface area contributed by atoms with Gasteiger partial charge in [-0.1, -0.05) is 11.8 Å². The van der Waals surface area contributed by atoms with Gasteiger partial charge in [-0.3, -0.25) is 0 Å². The predicted molar refractivity (Wildman–Crippen MR) is 83.1 cm³/mol. The van der Waals surface area contributed by atoms with Crippen LogP contribution in [0.25, 0.3) is 10.2 Å². The Morgan fingerprint density at radius 1 is 1.24 bits per heavy atom. The number of hydrogen-bond acceptors (Lipinski definition) is 9. The van der Waals surface area contributed by atoms with E-state index in [1.807, 2.05) is 6.92 Å². The van der Waals surface area contributed by atoms with Gasteiger partial charge in [0.2, 0.25) is 5.89 Å². The molecule has 0 unspecified atom stereocenters. The highest BCUT2D eigenvalue weighted by molar-refractivity contribution is 7.98. The van der Waals surface area contributed by atoms with Crippen molar-refractivity contribution < 1.29 is 4.42 Å². The van der Waals surface area contributed by atoms with Crippen molar-refractivity contribution in [2.45, 2.75) is 31.4 Å². The van der Waals surface area contributed by atoms with Crippen LogP contribution < -0.4 is 11.5 Å². The van der Waals surface area contributed by atoms with Crippen LogP contribution in [0.1, 0.15) is 22.2 Å². The van der Waals surface area contributed by atoms with Crippen LogP contribution in [0.15, 0.2) is 9.64 Å². The second-order valence-corrected chi connectivity index (χ2v) is 6.57. The molecule has 0 atom stereocenters. The van der Waals surface area contributed by atoms with Crippen molar-refractivity contribution in [2.24, 2.45) is 5.73 Å². The number of thiophene rings is 1. The van der Waals surface area contributed by atoms with Crippen LogP contribution in [0.5, 0.6) is 0 Å². The molecule has 0 aliphatic heterocycles. The normalized spacial score (nSPS) is 11.4. The Hall–Kier alpha value is -1.71. The molecular weight excluding hydrogens is 308 g/mol. The van der Waals surface area contributed by atoms with Crippen molar-refractivity contribution in [3.05, 3.63) is 22.2 Å². The number of hydrogen-bond donors (Lipinski definition) is 2. The maximum atomic E-state index is 6.04. The molecule has 0 saturated carbocycles. The topological polar surface area (TPSA) is 117 Å². The molecule has 3 rings (SSSR count). The summed E-state index contributed by atoms with van der Waals surface area (Å²) in [5, 5.41) is 9.10. The molecule has 7 nitrogen and oxygen atoms in total. The highest BCUT2D eigenvalue weighted by atomic mass is 32.2. The van der Waals surface area contributed by atoms with Gasteiger partial charge in [-0.25, -0.2) is 9.97 Å². The first-order chi connectivity index (χ1) is 10.1. The van der Waals surface area contributed by atoms with E-state index in [1.54, 1.807) is 11.3 Å². The third-order valence-corrected chi connectivity index (χ3v) is 4.97. The second-order valence-electron chi connectivity index (χ2n) is 4.44. The van der Waals surface area contributed by atoms with Crippen LogP contribution in [0.4, 0.5) is 5.82 Å². The van der Waals surface area contributed by atoms with E-state index < -0.39 is 0 Å². The van der Waals surface area contributed by atoms with Gasteiger partial charge in [-0.15, -0.1) is 21.5 Å². The van der Waals surface area contributed by atoms with Gasteiger partial charge in [0, 0.05) is 4.88 Å². The smallest absolute Gasteiger partial charge is 0.277 e. The highest BCUT2D eigenvalue weighted by Gasteiger charge is 2.13. The molecule has 0 amide bonds. The molecule has 0 radical (unpaired) electrons. The molecule has 0 aliphatic carbocycles. The molecule has 3 aromatic rings. The van der Waals surface area contributed by atoms with E-state index in [2.05, 4.69) is 27.1 Å². The maximum absolute atomic E-state index is 6.04. The third kappa shape index (κ3) is 2.71. The van der Waals surface area contributed by atoms with E-state index >= 15 is 0 Å². The van der Waals surface area contributed by atoms with Gasteiger partial charge in [0.25, 0.3) is 5.22 Å². The first-order valence-electron chi connectivity index (χ1n) is 6.25. The van der Waals surface area contributed by atoms with Gasteiger partial charge in [-0.2, -0.15) is 0 Å². The molecule has 0 saturated heterocycles. The van der Waals surface area contributed by atoms with Gasteiger partial charge >= 0.3 is 0 Å². The standard InChI is InChI=1S/C12H14N6OS2/c1-5-6(2)21-11-9(5)10(14)15-7(16-11)4-20-12-18-17-8(3-13)19-12/h3-4,13H2,1-2H3,(H2,14,15,16). The molecule has 0 aromatic carbocycles. The fraction of sp³-hybridized carbons (Fsp3) is 0.333. The number of nitrogens with two attached hydrogens (primary N) is 2. The average molecular weight is 322 g/mol. The Morgan fingerprint density at radius 3 is 2.76 bits per heavy atom. The van der Waals surface area contributed by atoms with Crippen molar-refractivity contribution >= 4 is 39.1 Å². The summed E-state index contributed by atoms with van der Waals surface area (Å²) in [6, 6.07) is 0. The summed E-state index contributed by atoms with van der Waals surface area (Å²) in [4.78, 5) is 11.0. The Kier molecular flexibility index (Phi) is 3.79. The van der Waals surface area contributed by atoms with Gasteiger partial charge in [0.1, 0.15) is 16.5 Å². The summed E-state index contributed by atoms with van der Waals surface area (Å²) in [7, 11) is 0. The first kappa shape index (κ1) is 14.2. The lowest BCUT2D eigenvalue weighted by atomic mass is 10.2. The lowest BCUT2D eigenvalue weighted by Crippen LogP contribution is -1.99. The highest BCUT2D eigenvalue weighted by Crippen LogP contribution is 2.32. The number of rotatable bonds is 4. The fourth-order valence-corrected chi connectivity index (χ4v) is 3.59. The molecule has 0 spiro atoms. The SMILES string of the molecule is Cc1sc2nc(CSc3nnc(CN)o3)nc(N)c2c1C. The van der Waals surface area contributed by atoms with Crippen molar-refractivity contribution in [3.8, 4) is 0 Å². The summed E-state index contributed by atoms with van der Waals surface area (Å²) in [6.45, 7) is 4.33. The third-order valence-electron chi connectivity index (χ3n) is 3.05. The second kappa shape index (κ2) is 5.58. The number of anilines is 1. The molecule has 4 N–H and O–H groups in total.